The summed E-state index contributed by atoms with van der Waals surface area (Å²) >= 11 is 0. The molecule has 1 fully saturated rings. The maximum atomic E-state index is 13.6. The van der Waals surface area contributed by atoms with Gasteiger partial charge in [0.25, 0.3) is 0 Å². The van der Waals surface area contributed by atoms with Crippen molar-refractivity contribution in [3.63, 3.8) is 0 Å². The number of morpholine rings is 1. The summed E-state index contributed by atoms with van der Waals surface area (Å²) < 4.78 is 24.3. The van der Waals surface area contributed by atoms with E-state index in [0.29, 0.717) is 25.1 Å². The van der Waals surface area contributed by atoms with Gasteiger partial charge in [-0.05, 0) is 23.6 Å². The lowest BCUT2D eigenvalue weighted by atomic mass is 10.0. The van der Waals surface area contributed by atoms with E-state index in [-0.39, 0.29) is 17.7 Å². The van der Waals surface area contributed by atoms with Crippen LogP contribution >= 0.6 is 0 Å². The zero-order valence-corrected chi connectivity index (χ0v) is 11.1. The molecule has 1 aromatic carbocycles. The van der Waals surface area contributed by atoms with Crippen molar-refractivity contribution in [2.45, 2.75) is 26.0 Å². The van der Waals surface area contributed by atoms with E-state index >= 15 is 0 Å². The molecule has 0 radical (unpaired) electrons. The molecule has 1 aliphatic rings. The lowest BCUT2D eigenvalue weighted by Crippen LogP contribution is -2.45. The van der Waals surface area contributed by atoms with Crippen LogP contribution in [-0.4, -0.2) is 26.3 Å². The molecule has 2 rings (SSSR count). The molecule has 1 heterocycles. The smallest absolute Gasteiger partial charge is 0.165 e. The molecule has 18 heavy (non-hydrogen) atoms. The van der Waals surface area contributed by atoms with E-state index in [1.165, 1.54) is 13.2 Å². The lowest BCUT2D eigenvalue weighted by molar-refractivity contribution is -0.00727. The molecule has 0 bridgehead atoms. The Kier molecular flexibility index (Phi) is 4.19. The average Bonchev–Trinajstić information content (AvgIpc) is 2.38. The van der Waals surface area contributed by atoms with Gasteiger partial charge in [-0.25, -0.2) is 4.39 Å². The first-order chi connectivity index (χ1) is 8.61. The Balaban J connectivity index is 2.03. The van der Waals surface area contributed by atoms with Crippen molar-refractivity contribution in [1.29, 1.82) is 0 Å². The fourth-order valence-corrected chi connectivity index (χ4v) is 2.12. The molecule has 0 saturated carbocycles. The predicted molar refractivity (Wildman–Crippen MR) is 68.3 cm³/mol. The zero-order chi connectivity index (χ0) is 13.1. The second kappa shape index (κ2) is 5.67. The molecule has 3 nitrogen and oxygen atoms in total. The molecule has 1 N–H and O–H groups in total. The summed E-state index contributed by atoms with van der Waals surface area (Å²) in [5, 5.41) is 3.44. The van der Waals surface area contributed by atoms with Crippen molar-refractivity contribution < 1.29 is 13.9 Å². The minimum absolute atomic E-state index is 0.0830. The van der Waals surface area contributed by atoms with Gasteiger partial charge < -0.3 is 14.8 Å². The molecular formula is C14H20FNO2. The van der Waals surface area contributed by atoms with Crippen LogP contribution in [-0.2, 0) is 4.74 Å². The van der Waals surface area contributed by atoms with Crippen LogP contribution in [0.5, 0.6) is 5.75 Å². The summed E-state index contributed by atoms with van der Waals surface area (Å²) in [6.07, 6.45) is -0.0830. The van der Waals surface area contributed by atoms with Crippen LogP contribution in [0.3, 0.4) is 0 Å². The van der Waals surface area contributed by atoms with Gasteiger partial charge >= 0.3 is 0 Å². The third kappa shape index (κ3) is 2.82. The monoisotopic (exact) mass is 253 g/mol. The first-order valence-corrected chi connectivity index (χ1v) is 6.30. The van der Waals surface area contributed by atoms with E-state index in [2.05, 4.69) is 19.2 Å². The zero-order valence-electron chi connectivity index (χ0n) is 11.1. The van der Waals surface area contributed by atoms with Crippen LogP contribution in [0.2, 0.25) is 0 Å². The van der Waals surface area contributed by atoms with E-state index in [9.17, 15) is 4.39 Å². The molecule has 4 heteroatoms. The number of nitrogens with one attached hydrogen (secondary N) is 1. The molecule has 100 valence electrons. The Morgan fingerprint density at radius 1 is 1.44 bits per heavy atom. The van der Waals surface area contributed by atoms with Gasteiger partial charge in [-0.2, -0.15) is 0 Å². The Hall–Kier alpha value is -1.13. The van der Waals surface area contributed by atoms with Gasteiger partial charge in [0.2, 0.25) is 0 Å². The summed E-state index contributed by atoms with van der Waals surface area (Å²) in [4.78, 5) is 0. The minimum atomic E-state index is -0.343. The van der Waals surface area contributed by atoms with Gasteiger partial charge in [0.15, 0.2) is 11.6 Å². The first-order valence-electron chi connectivity index (χ1n) is 6.30. The normalized spacial score (nSPS) is 24.3. The van der Waals surface area contributed by atoms with E-state index < -0.39 is 0 Å². The van der Waals surface area contributed by atoms with Crippen molar-refractivity contribution >= 4 is 0 Å². The fourth-order valence-electron chi connectivity index (χ4n) is 2.12. The topological polar surface area (TPSA) is 30.5 Å². The number of halogens is 1. The molecule has 2 unspecified atom stereocenters. The number of benzene rings is 1. The third-order valence-corrected chi connectivity index (χ3v) is 3.39. The SMILES string of the molecule is COc1ccc(C2CNC(C(C)C)CO2)cc1F. The van der Waals surface area contributed by atoms with Crippen LogP contribution in [0.15, 0.2) is 18.2 Å². The quantitative estimate of drug-likeness (QED) is 0.898. The molecule has 1 aliphatic heterocycles. The van der Waals surface area contributed by atoms with E-state index in [1.54, 1.807) is 6.07 Å². The highest BCUT2D eigenvalue weighted by atomic mass is 19.1. The van der Waals surface area contributed by atoms with Gasteiger partial charge in [0, 0.05) is 12.6 Å². The van der Waals surface area contributed by atoms with E-state index in [0.717, 1.165) is 5.56 Å². The molecule has 0 spiro atoms. The maximum absolute atomic E-state index is 13.6. The Bertz CT molecular complexity index is 401. The standard InChI is InChI=1S/C14H20FNO2/c1-9(2)12-8-18-14(7-16-12)10-4-5-13(17-3)11(15)6-10/h4-6,9,12,14,16H,7-8H2,1-3H3. The predicted octanol–water partition coefficient (Wildman–Crippen LogP) is 2.52. The summed E-state index contributed by atoms with van der Waals surface area (Å²) in [5.41, 5.74) is 0.850. The Labute approximate surface area is 107 Å². The number of methoxy groups -OCH3 is 1. The molecular weight excluding hydrogens is 233 g/mol. The van der Waals surface area contributed by atoms with E-state index in [4.69, 9.17) is 9.47 Å². The molecule has 1 aromatic rings. The van der Waals surface area contributed by atoms with E-state index in [1.807, 2.05) is 6.07 Å². The van der Waals surface area contributed by atoms with Crippen LogP contribution in [0.25, 0.3) is 0 Å². The van der Waals surface area contributed by atoms with Crippen molar-refractivity contribution in [3.05, 3.63) is 29.6 Å². The van der Waals surface area contributed by atoms with Crippen molar-refractivity contribution in [1.82, 2.24) is 5.32 Å². The minimum Gasteiger partial charge on any atom is -0.494 e. The second-order valence-corrected chi connectivity index (χ2v) is 4.97. The lowest BCUT2D eigenvalue weighted by Gasteiger charge is -2.32. The van der Waals surface area contributed by atoms with Crippen LogP contribution in [0.1, 0.15) is 25.5 Å². The highest BCUT2D eigenvalue weighted by molar-refractivity contribution is 5.30. The molecule has 2 atom stereocenters. The average molecular weight is 253 g/mol. The first kappa shape index (κ1) is 13.3. The summed E-state index contributed by atoms with van der Waals surface area (Å²) in [7, 11) is 1.46. The molecule has 0 aliphatic carbocycles. The number of hydrogen-bond donors (Lipinski definition) is 1. The van der Waals surface area contributed by atoms with Gasteiger partial charge in [0.05, 0.1) is 19.8 Å². The fraction of sp³-hybridized carbons (Fsp3) is 0.571. The Morgan fingerprint density at radius 3 is 2.72 bits per heavy atom. The van der Waals surface area contributed by atoms with Crippen LogP contribution < -0.4 is 10.1 Å². The largest absolute Gasteiger partial charge is 0.494 e. The van der Waals surface area contributed by atoms with Crippen molar-refractivity contribution in [2.24, 2.45) is 5.92 Å². The third-order valence-electron chi connectivity index (χ3n) is 3.39. The second-order valence-electron chi connectivity index (χ2n) is 4.97. The maximum Gasteiger partial charge on any atom is 0.165 e. The molecule has 0 aromatic heterocycles. The summed E-state index contributed by atoms with van der Waals surface area (Å²) in [5.74, 6) is 0.464. The highest BCUT2D eigenvalue weighted by Crippen LogP contribution is 2.26. The number of hydrogen-bond acceptors (Lipinski definition) is 3. The van der Waals surface area contributed by atoms with Gasteiger partial charge in [-0.3, -0.25) is 0 Å². The van der Waals surface area contributed by atoms with Gasteiger partial charge in [-0.15, -0.1) is 0 Å². The van der Waals surface area contributed by atoms with Gasteiger partial charge in [-0.1, -0.05) is 19.9 Å². The van der Waals surface area contributed by atoms with Gasteiger partial charge in [0.1, 0.15) is 0 Å². The summed E-state index contributed by atoms with van der Waals surface area (Å²) in [6, 6.07) is 5.36. The van der Waals surface area contributed by atoms with Crippen molar-refractivity contribution in [2.75, 3.05) is 20.3 Å². The highest BCUT2D eigenvalue weighted by Gasteiger charge is 2.24. The number of ether oxygens (including phenoxy) is 2. The summed E-state index contributed by atoms with van der Waals surface area (Å²) in [6.45, 7) is 5.70. The molecule has 0 amide bonds. The van der Waals surface area contributed by atoms with Crippen LogP contribution in [0.4, 0.5) is 4.39 Å². The van der Waals surface area contributed by atoms with Crippen molar-refractivity contribution in [3.8, 4) is 5.75 Å². The molecule has 1 saturated heterocycles. The Morgan fingerprint density at radius 2 is 2.22 bits per heavy atom. The number of rotatable bonds is 3. The van der Waals surface area contributed by atoms with Crippen LogP contribution in [0, 0.1) is 11.7 Å².